The first-order chi connectivity index (χ1) is 15.0. The van der Waals surface area contributed by atoms with Crippen LogP contribution >= 0.6 is 0 Å². The summed E-state index contributed by atoms with van der Waals surface area (Å²) in [4.78, 5) is 0. The SMILES string of the molecule is CS(=O)(=O)N(Cc1cc(CF)cc(C(F)(F)F)c1)CC1CNCC[C@H]1c1ccc(F)cc1. The van der Waals surface area contributed by atoms with Crippen molar-refractivity contribution < 1.29 is 30.4 Å². The first-order valence-electron chi connectivity index (χ1n) is 10.1. The van der Waals surface area contributed by atoms with Crippen LogP contribution in [-0.4, -0.2) is 38.6 Å². The molecule has 1 fully saturated rings. The van der Waals surface area contributed by atoms with Gasteiger partial charge in [0.05, 0.1) is 11.8 Å². The van der Waals surface area contributed by atoms with Crippen molar-refractivity contribution in [2.75, 3.05) is 25.9 Å². The van der Waals surface area contributed by atoms with Crippen molar-refractivity contribution in [1.82, 2.24) is 9.62 Å². The molecular formula is C22H25F5N2O2S. The number of benzene rings is 2. The molecule has 1 aliphatic rings. The zero-order valence-electron chi connectivity index (χ0n) is 17.5. The maximum atomic E-state index is 13.3. The van der Waals surface area contributed by atoms with Gasteiger partial charge in [0.25, 0.3) is 0 Å². The van der Waals surface area contributed by atoms with E-state index in [0.717, 1.165) is 28.3 Å². The maximum absolute atomic E-state index is 13.3. The van der Waals surface area contributed by atoms with Crippen molar-refractivity contribution in [3.63, 3.8) is 0 Å². The van der Waals surface area contributed by atoms with Crippen molar-refractivity contribution in [2.24, 2.45) is 5.92 Å². The predicted octanol–water partition coefficient (Wildman–Crippen LogP) is 4.47. The Bertz CT molecular complexity index is 1030. The first kappa shape index (κ1) is 24.6. The van der Waals surface area contributed by atoms with Crippen LogP contribution in [0.5, 0.6) is 0 Å². The summed E-state index contributed by atoms with van der Waals surface area (Å²) >= 11 is 0. The van der Waals surface area contributed by atoms with Gasteiger partial charge < -0.3 is 5.32 Å². The summed E-state index contributed by atoms with van der Waals surface area (Å²) in [6.07, 6.45) is -2.96. The second kappa shape index (κ2) is 9.84. The zero-order valence-corrected chi connectivity index (χ0v) is 18.3. The fourth-order valence-corrected chi connectivity index (χ4v) is 4.99. The summed E-state index contributed by atoms with van der Waals surface area (Å²) in [5.41, 5.74) is -0.225. The summed E-state index contributed by atoms with van der Waals surface area (Å²) < 4.78 is 92.2. The third-order valence-corrected chi connectivity index (χ3v) is 6.92. The van der Waals surface area contributed by atoms with E-state index in [1.165, 1.54) is 18.2 Å². The Balaban J connectivity index is 1.88. The second-order valence-corrected chi connectivity index (χ2v) is 10.1. The fourth-order valence-electron chi connectivity index (χ4n) is 4.14. The highest BCUT2D eigenvalue weighted by Crippen LogP contribution is 2.33. The topological polar surface area (TPSA) is 49.4 Å². The molecule has 1 N–H and O–H groups in total. The molecule has 0 radical (unpaired) electrons. The van der Waals surface area contributed by atoms with Crippen LogP contribution in [-0.2, 0) is 29.4 Å². The summed E-state index contributed by atoms with van der Waals surface area (Å²) in [7, 11) is -3.77. The van der Waals surface area contributed by atoms with Crippen molar-refractivity contribution in [1.29, 1.82) is 0 Å². The van der Waals surface area contributed by atoms with Crippen molar-refractivity contribution >= 4 is 10.0 Å². The van der Waals surface area contributed by atoms with Gasteiger partial charge in [0.15, 0.2) is 0 Å². The van der Waals surface area contributed by atoms with E-state index in [1.807, 2.05) is 0 Å². The average molecular weight is 477 g/mol. The van der Waals surface area contributed by atoms with Gasteiger partial charge in [-0.05, 0) is 72.3 Å². The standard InChI is InChI=1S/C22H25F5N2O2S/c1-32(30,31)29(13-16-8-15(11-23)9-19(10-16)22(25,26)27)14-18-12-28-7-6-21(18)17-2-4-20(24)5-3-17/h2-5,8-10,18,21,28H,6-7,11-14H2,1H3/t18?,21-/m0/s1. The Hall–Kier alpha value is -2.04. The Kier molecular flexibility index (Phi) is 7.57. The van der Waals surface area contributed by atoms with Gasteiger partial charge in [-0.25, -0.2) is 17.2 Å². The quantitative estimate of drug-likeness (QED) is 0.600. The number of piperidine rings is 1. The lowest BCUT2D eigenvalue weighted by Crippen LogP contribution is -2.43. The monoisotopic (exact) mass is 476 g/mol. The van der Waals surface area contributed by atoms with E-state index in [4.69, 9.17) is 0 Å². The molecule has 0 saturated carbocycles. The summed E-state index contributed by atoms with van der Waals surface area (Å²) in [6.45, 7) is -0.107. The molecule has 32 heavy (non-hydrogen) atoms. The highest BCUT2D eigenvalue weighted by atomic mass is 32.2. The molecule has 2 atom stereocenters. The molecule has 2 aromatic carbocycles. The molecule has 1 unspecified atom stereocenters. The lowest BCUT2D eigenvalue weighted by Gasteiger charge is -2.35. The largest absolute Gasteiger partial charge is 0.416 e. The van der Waals surface area contributed by atoms with Crippen LogP contribution < -0.4 is 5.32 Å². The number of nitrogens with one attached hydrogen (secondary N) is 1. The van der Waals surface area contributed by atoms with Crippen LogP contribution in [0.1, 0.15) is 34.6 Å². The maximum Gasteiger partial charge on any atom is 0.416 e. The second-order valence-electron chi connectivity index (χ2n) is 8.14. The predicted molar refractivity (Wildman–Crippen MR) is 112 cm³/mol. The van der Waals surface area contributed by atoms with E-state index < -0.39 is 28.4 Å². The average Bonchev–Trinajstić information content (AvgIpc) is 2.73. The van der Waals surface area contributed by atoms with Gasteiger partial charge in [-0.15, -0.1) is 0 Å². The Labute approximate surface area is 184 Å². The molecular weight excluding hydrogens is 451 g/mol. The number of hydrogen-bond donors (Lipinski definition) is 1. The fraction of sp³-hybridized carbons (Fsp3) is 0.455. The Morgan fingerprint density at radius 2 is 1.75 bits per heavy atom. The van der Waals surface area contributed by atoms with Crippen molar-refractivity contribution in [3.05, 3.63) is 70.5 Å². The van der Waals surface area contributed by atoms with Crippen molar-refractivity contribution in [3.8, 4) is 0 Å². The molecule has 1 saturated heterocycles. The van der Waals surface area contributed by atoms with E-state index >= 15 is 0 Å². The van der Waals surface area contributed by atoms with Crippen LogP contribution in [0.2, 0.25) is 0 Å². The Morgan fingerprint density at radius 3 is 2.34 bits per heavy atom. The first-order valence-corrected chi connectivity index (χ1v) is 12.0. The number of hydrogen-bond acceptors (Lipinski definition) is 3. The van der Waals surface area contributed by atoms with Crippen LogP contribution in [0.25, 0.3) is 0 Å². The molecule has 0 bridgehead atoms. The third-order valence-electron chi connectivity index (χ3n) is 5.71. The summed E-state index contributed by atoms with van der Waals surface area (Å²) in [5, 5.41) is 3.22. The summed E-state index contributed by atoms with van der Waals surface area (Å²) in [5.74, 6) is -0.579. The highest BCUT2D eigenvalue weighted by Gasteiger charge is 2.33. The number of nitrogens with zero attached hydrogens (tertiary/aromatic N) is 1. The van der Waals surface area contributed by atoms with Crippen LogP contribution in [0.15, 0.2) is 42.5 Å². The molecule has 0 aromatic heterocycles. The van der Waals surface area contributed by atoms with E-state index in [2.05, 4.69) is 5.32 Å². The third kappa shape index (κ3) is 6.26. The Morgan fingerprint density at radius 1 is 1.09 bits per heavy atom. The van der Waals surface area contributed by atoms with Gasteiger partial charge >= 0.3 is 6.18 Å². The van der Waals surface area contributed by atoms with Gasteiger partial charge in [-0.1, -0.05) is 18.2 Å². The lowest BCUT2D eigenvalue weighted by atomic mass is 9.81. The minimum absolute atomic E-state index is 0.0380. The van der Waals surface area contributed by atoms with Gasteiger partial charge in [-0.3, -0.25) is 0 Å². The van der Waals surface area contributed by atoms with Crippen LogP contribution in [0.3, 0.4) is 0 Å². The minimum Gasteiger partial charge on any atom is -0.316 e. The number of halogens is 5. The molecule has 10 heteroatoms. The molecule has 0 spiro atoms. The van der Waals surface area contributed by atoms with E-state index in [9.17, 15) is 30.4 Å². The van der Waals surface area contributed by atoms with Crippen LogP contribution in [0, 0.1) is 11.7 Å². The molecule has 0 amide bonds. The molecule has 3 rings (SSSR count). The zero-order chi connectivity index (χ0) is 23.5. The van der Waals surface area contributed by atoms with Gasteiger partial charge in [0.2, 0.25) is 10.0 Å². The van der Waals surface area contributed by atoms with Crippen molar-refractivity contribution in [2.45, 2.75) is 31.7 Å². The molecule has 1 aliphatic heterocycles. The highest BCUT2D eigenvalue weighted by molar-refractivity contribution is 7.88. The van der Waals surface area contributed by atoms with E-state index in [-0.39, 0.29) is 41.9 Å². The van der Waals surface area contributed by atoms with Gasteiger partial charge in [0.1, 0.15) is 12.5 Å². The molecule has 1 heterocycles. The molecule has 0 aliphatic carbocycles. The number of rotatable bonds is 7. The summed E-state index contributed by atoms with van der Waals surface area (Å²) in [6, 6.07) is 8.88. The smallest absolute Gasteiger partial charge is 0.316 e. The normalized spacial score (nSPS) is 20.0. The molecule has 4 nitrogen and oxygen atoms in total. The minimum atomic E-state index is -4.67. The number of sulfonamides is 1. The van der Waals surface area contributed by atoms with Gasteiger partial charge in [-0.2, -0.15) is 17.5 Å². The number of alkyl halides is 4. The van der Waals surface area contributed by atoms with Gasteiger partial charge in [0, 0.05) is 13.1 Å². The molecule has 176 valence electrons. The van der Waals surface area contributed by atoms with Crippen LogP contribution in [0.4, 0.5) is 22.0 Å². The van der Waals surface area contributed by atoms with E-state index in [0.29, 0.717) is 19.5 Å². The lowest BCUT2D eigenvalue weighted by molar-refractivity contribution is -0.137. The molecule has 2 aromatic rings. The van der Waals surface area contributed by atoms with E-state index in [1.54, 1.807) is 12.1 Å².